The number of ether oxygens (including phenoxy) is 1. The van der Waals surface area contributed by atoms with E-state index in [-0.39, 0.29) is 10.6 Å². The Hall–Kier alpha value is -2.23. The maximum absolute atomic E-state index is 10.9. The topological polar surface area (TPSA) is 69.9 Å². The average Bonchev–Trinajstić information content (AvgIpc) is 2.62. The predicted molar refractivity (Wildman–Crippen MR) is 97.7 cm³/mol. The second-order valence-corrected chi connectivity index (χ2v) is 8.49. The van der Waals surface area contributed by atoms with Gasteiger partial charge in [-0.1, -0.05) is 0 Å². The van der Waals surface area contributed by atoms with Crippen LogP contribution in [0.1, 0.15) is 0 Å². The molecule has 0 unspecified atom stereocenters. The van der Waals surface area contributed by atoms with E-state index in [4.69, 9.17) is 4.74 Å². The summed E-state index contributed by atoms with van der Waals surface area (Å²) < 4.78 is 5.38. The Morgan fingerprint density at radius 1 is 0.667 bits per heavy atom. The van der Waals surface area contributed by atoms with Crippen LogP contribution in [0.5, 0.6) is 5.75 Å². The molecule has 0 radical (unpaired) electrons. The van der Waals surface area contributed by atoms with Crippen LogP contribution in [0.15, 0.2) is 78.9 Å². The molecule has 0 saturated heterocycles. The number of para-hydroxylation sites is 1. The number of hydrogen-bond acceptors (Lipinski definition) is 4. The molecule has 0 aliphatic heterocycles. The maximum atomic E-state index is 10.9. The number of benzene rings is 3. The van der Waals surface area contributed by atoms with Crippen molar-refractivity contribution in [3.63, 3.8) is 0 Å². The first-order valence-electron chi connectivity index (χ1n) is 7.47. The van der Waals surface area contributed by atoms with Crippen LogP contribution >= 0.6 is 7.28 Å². The molecular weight excluding hydrogens is 323 g/mol. The van der Waals surface area contributed by atoms with Crippen LogP contribution in [0.4, 0.5) is 0 Å². The molecule has 3 rings (SSSR count). The molecule has 4 nitrogen and oxygen atoms in total. The fourth-order valence-corrected chi connectivity index (χ4v) is 4.77. The molecule has 0 atom stereocenters. The van der Waals surface area contributed by atoms with Gasteiger partial charge in [-0.2, -0.15) is 0 Å². The standard InChI is InChI=1S/C19H19O4P/c1-23-18-13-7-5-11-16(18)17-12-6-8-14-19(17)24(20,21,22)15-9-3-2-4-10-15/h2-14,20-22H,1H3. The van der Waals surface area contributed by atoms with Gasteiger partial charge in [-0.15, -0.1) is 0 Å². The van der Waals surface area contributed by atoms with Crippen molar-refractivity contribution in [1.29, 1.82) is 0 Å². The molecule has 3 aromatic rings. The molecule has 0 saturated carbocycles. The third kappa shape index (κ3) is 2.81. The molecule has 0 aromatic heterocycles. The average molecular weight is 342 g/mol. The molecule has 5 heteroatoms. The van der Waals surface area contributed by atoms with E-state index < -0.39 is 7.28 Å². The van der Waals surface area contributed by atoms with Crippen LogP contribution in [-0.2, 0) is 0 Å². The Balaban J connectivity index is 2.28. The van der Waals surface area contributed by atoms with Gasteiger partial charge in [0.2, 0.25) is 0 Å². The predicted octanol–water partition coefficient (Wildman–Crippen LogP) is 2.59. The van der Waals surface area contributed by atoms with Crippen molar-refractivity contribution in [2.75, 3.05) is 7.11 Å². The van der Waals surface area contributed by atoms with Crippen LogP contribution in [0.2, 0.25) is 0 Å². The fraction of sp³-hybridized carbons (Fsp3) is 0.0526. The summed E-state index contributed by atoms with van der Waals surface area (Å²) in [5.41, 5.74) is 1.20. The zero-order chi connectivity index (χ0) is 17.2. The number of rotatable bonds is 4. The van der Waals surface area contributed by atoms with E-state index in [9.17, 15) is 14.7 Å². The summed E-state index contributed by atoms with van der Waals surface area (Å²) in [4.78, 5) is 32.8. The molecule has 0 aliphatic rings. The van der Waals surface area contributed by atoms with E-state index >= 15 is 0 Å². The summed E-state index contributed by atoms with van der Waals surface area (Å²) in [5.74, 6) is 0.588. The molecule has 3 N–H and O–H groups in total. The Morgan fingerprint density at radius 2 is 1.21 bits per heavy atom. The van der Waals surface area contributed by atoms with E-state index in [1.54, 1.807) is 49.6 Å². The van der Waals surface area contributed by atoms with Crippen LogP contribution in [0.25, 0.3) is 11.1 Å². The molecule has 0 bridgehead atoms. The van der Waals surface area contributed by atoms with Gasteiger partial charge < -0.3 is 0 Å². The summed E-state index contributed by atoms with van der Waals surface area (Å²) in [6.07, 6.45) is 0. The first-order valence-corrected chi connectivity index (χ1v) is 9.57. The van der Waals surface area contributed by atoms with Crippen LogP contribution in [-0.4, -0.2) is 21.8 Å². The first-order chi connectivity index (χ1) is 11.4. The minimum absolute atomic E-state index is 0.0826. The van der Waals surface area contributed by atoms with Crippen molar-refractivity contribution >= 4 is 17.9 Å². The van der Waals surface area contributed by atoms with E-state index in [2.05, 4.69) is 0 Å². The third-order valence-corrected chi connectivity index (χ3v) is 6.50. The Kier molecular flexibility index (Phi) is 4.16. The van der Waals surface area contributed by atoms with Crippen molar-refractivity contribution in [2.45, 2.75) is 0 Å². The molecule has 24 heavy (non-hydrogen) atoms. The molecule has 3 aromatic carbocycles. The molecule has 0 heterocycles. The van der Waals surface area contributed by atoms with Gasteiger partial charge in [-0.05, 0) is 0 Å². The number of hydrogen-bond donors (Lipinski definition) is 3. The summed E-state index contributed by atoms with van der Waals surface area (Å²) in [5, 5.41) is 0.171. The van der Waals surface area contributed by atoms with Crippen LogP contribution in [0, 0.1) is 0 Å². The van der Waals surface area contributed by atoms with Crippen LogP contribution in [0.3, 0.4) is 0 Å². The fourth-order valence-electron chi connectivity index (χ4n) is 2.77. The van der Waals surface area contributed by atoms with Gasteiger partial charge in [-0.25, -0.2) is 0 Å². The van der Waals surface area contributed by atoms with Gasteiger partial charge in [0, 0.05) is 0 Å². The molecule has 0 spiro atoms. The van der Waals surface area contributed by atoms with Crippen molar-refractivity contribution in [3.05, 3.63) is 78.9 Å². The number of methoxy groups -OCH3 is 1. The van der Waals surface area contributed by atoms with Gasteiger partial charge in [0.15, 0.2) is 0 Å². The first kappa shape index (κ1) is 16.6. The third-order valence-electron chi connectivity index (χ3n) is 3.98. The molecule has 124 valence electrons. The van der Waals surface area contributed by atoms with Gasteiger partial charge in [-0.3, -0.25) is 0 Å². The molecule has 0 aliphatic carbocycles. The Bertz CT molecular complexity index is 854. The van der Waals surface area contributed by atoms with E-state index in [0.29, 0.717) is 16.9 Å². The quantitative estimate of drug-likeness (QED) is 0.638. The van der Waals surface area contributed by atoms with E-state index in [1.165, 1.54) is 18.2 Å². The van der Waals surface area contributed by atoms with Gasteiger partial charge in [0.1, 0.15) is 0 Å². The minimum atomic E-state index is -5.27. The zero-order valence-corrected chi connectivity index (χ0v) is 14.1. The molecule has 0 amide bonds. The molecular formula is C19H19O4P. The van der Waals surface area contributed by atoms with Crippen LogP contribution < -0.4 is 15.3 Å². The van der Waals surface area contributed by atoms with Crippen molar-refractivity contribution in [2.24, 2.45) is 0 Å². The summed E-state index contributed by atoms with van der Waals surface area (Å²) in [6.45, 7) is 0. The molecule has 0 fully saturated rings. The summed E-state index contributed by atoms with van der Waals surface area (Å²) >= 11 is 0. The van der Waals surface area contributed by atoms with Gasteiger partial charge in [0.25, 0.3) is 0 Å². The SMILES string of the molecule is COc1ccccc1-c1ccccc1P(O)(O)(O)c1ccccc1. The van der Waals surface area contributed by atoms with Crippen molar-refractivity contribution < 1.29 is 19.4 Å². The van der Waals surface area contributed by atoms with E-state index in [1.807, 2.05) is 18.2 Å². The normalized spacial score (nSPS) is 13.1. The van der Waals surface area contributed by atoms with Crippen molar-refractivity contribution in [1.82, 2.24) is 0 Å². The Morgan fingerprint density at radius 3 is 1.88 bits per heavy atom. The van der Waals surface area contributed by atoms with E-state index in [0.717, 1.165) is 0 Å². The summed E-state index contributed by atoms with van der Waals surface area (Å²) in [6, 6.07) is 22.1. The zero-order valence-electron chi connectivity index (χ0n) is 13.2. The van der Waals surface area contributed by atoms with Gasteiger partial charge >= 0.3 is 140 Å². The second kappa shape index (κ2) is 6.00. The monoisotopic (exact) mass is 342 g/mol. The van der Waals surface area contributed by atoms with Crippen molar-refractivity contribution in [3.8, 4) is 16.9 Å². The summed E-state index contributed by atoms with van der Waals surface area (Å²) in [7, 11) is -3.71. The second-order valence-electron chi connectivity index (χ2n) is 5.53. The van der Waals surface area contributed by atoms with Gasteiger partial charge in [0.05, 0.1) is 0 Å². The Labute approximate surface area is 140 Å².